The normalized spacial score (nSPS) is 11.9. The molecule has 0 fully saturated rings. The molecule has 0 N–H and O–H groups in total. The third-order valence-corrected chi connectivity index (χ3v) is 2.97. The Hall–Kier alpha value is -0.960. The van der Waals surface area contributed by atoms with E-state index >= 15 is 0 Å². The highest BCUT2D eigenvalue weighted by molar-refractivity contribution is 7.85. The topological polar surface area (TPSA) is 29.4 Å². The molecule has 0 aliphatic heterocycles. The largest absolute Gasteiger partial charge is 0.234 e. The second-order valence-corrected chi connectivity index (χ2v) is 5.94. The Balaban J connectivity index is 0. The molecule has 0 aliphatic rings. The van der Waals surface area contributed by atoms with Crippen LogP contribution in [0, 0.1) is 0 Å². The molecule has 0 aliphatic carbocycles. The summed E-state index contributed by atoms with van der Waals surface area (Å²) in [6.45, 7) is 13.7. The summed E-state index contributed by atoms with van der Waals surface area (Å²) in [5.41, 5.74) is 0.977. The highest BCUT2D eigenvalue weighted by Gasteiger charge is 2.17. The van der Waals surface area contributed by atoms with Gasteiger partial charge in [0.25, 0.3) is 0 Å². The van der Waals surface area contributed by atoms with Crippen LogP contribution in [-0.4, -0.2) is 15.2 Å². The van der Waals surface area contributed by atoms with Gasteiger partial charge in [-0.1, -0.05) is 58.0 Å². The summed E-state index contributed by atoms with van der Waals surface area (Å²) in [7, 11) is -1.17. The van der Waals surface area contributed by atoms with Crippen molar-refractivity contribution in [3.63, 3.8) is 0 Å². The molecule has 1 aromatic rings. The van der Waals surface area contributed by atoms with Crippen molar-refractivity contribution in [2.45, 2.75) is 53.2 Å². The van der Waals surface area contributed by atoms with Gasteiger partial charge in [-0.15, -0.1) is 0 Å². The van der Waals surface area contributed by atoms with E-state index in [4.69, 9.17) is 0 Å². The van der Waals surface area contributed by atoms with Crippen molar-refractivity contribution in [1.29, 1.82) is 0 Å². The first-order chi connectivity index (χ1) is 8.50. The predicted molar refractivity (Wildman–Crippen MR) is 84.6 cm³/mol. The fraction of sp³-hybridized carbons (Fsp3) is 0.533. The van der Waals surface area contributed by atoms with Crippen LogP contribution in [0.5, 0.6) is 0 Å². The van der Waals surface area contributed by atoms with Gasteiger partial charge in [0.15, 0.2) is 0 Å². The zero-order valence-electron chi connectivity index (χ0n) is 12.7. The van der Waals surface area contributed by atoms with Crippen LogP contribution in [0.4, 0.5) is 0 Å². The summed E-state index contributed by atoms with van der Waals surface area (Å²) in [5, 5.41) is 0. The van der Waals surface area contributed by atoms with Gasteiger partial charge >= 0.3 is 0 Å². The Kier molecular flexibility index (Phi) is 12.0. The van der Waals surface area contributed by atoms with E-state index < -0.39 is 11.0 Å². The van der Waals surface area contributed by atoms with Gasteiger partial charge in [0.05, 0.1) is 4.75 Å². The third-order valence-electron chi connectivity index (χ3n) is 1.62. The highest BCUT2D eigenvalue weighted by atomic mass is 32.2. The quantitative estimate of drug-likeness (QED) is 0.720. The van der Waals surface area contributed by atoms with E-state index in [1.165, 1.54) is 0 Å². The smallest absolute Gasteiger partial charge is 0.144 e. The van der Waals surface area contributed by atoms with Crippen LogP contribution in [0.3, 0.4) is 0 Å². The molecule has 0 spiro atoms. The lowest BCUT2D eigenvalue weighted by molar-refractivity contribution is 0.651. The average Bonchev–Trinajstić information content (AvgIpc) is 2.40. The molecule has 0 amide bonds. The van der Waals surface area contributed by atoms with Crippen molar-refractivity contribution in [2.75, 3.05) is 0 Å². The van der Waals surface area contributed by atoms with Crippen molar-refractivity contribution >= 4 is 17.2 Å². The van der Waals surface area contributed by atoms with Gasteiger partial charge < -0.3 is 0 Å². The SMILES string of the molecule is CC.CC.CC(C)(C)S(=O)N=Cc1ccccc1. The molecule has 0 saturated heterocycles. The first-order valence-electron chi connectivity index (χ1n) is 6.51. The zero-order valence-corrected chi connectivity index (χ0v) is 13.5. The van der Waals surface area contributed by atoms with E-state index in [0.717, 1.165) is 5.56 Å². The predicted octanol–water partition coefficient (Wildman–Crippen LogP) is 4.62. The summed E-state index contributed by atoms with van der Waals surface area (Å²) < 4.78 is 15.3. The molecule has 0 saturated carbocycles. The Morgan fingerprint density at radius 2 is 1.44 bits per heavy atom. The van der Waals surface area contributed by atoms with E-state index in [-0.39, 0.29) is 4.75 Å². The molecule has 0 bridgehead atoms. The van der Waals surface area contributed by atoms with Crippen LogP contribution in [0.25, 0.3) is 0 Å². The lowest BCUT2D eigenvalue weighted by Crippen LogP contribution is -2.19. The molecule has 18 heavy (non-hydrogen) atoms. The van der Waals surface area contributed by atoms with Gasteiger partial charge in [-0.25, -0.2) is 4.21 Å². The molecular formula is C15H27NOS. The zero-order chi connectivity index (χ0) is 14.6. The van der Waals surface area contributed by atoms with Gasteiger partial charge in [-0.2, -0.15) is 4.40 Å². The number of hydrogen-bond donors (Lipinski definition) is 0. The van der Waals surface area contributed by atoms with Gasteiger partial charge in [0, 0.05) is 6.21 Å². The standard InChI is InChI=1S/C11H15NOS.2C2H6/c1-11(2,3)14(13)12-9-10-7-5-4-6-8-10;2*1-2/h4-9H,1-3H3;2*1-2H3. The molecule has 1 atom stereocenters. The fourth-order valence-electron chi connectivity index (χ4n) is 0.806. The minimum absolute atomic E-state index is 0.286. The maximum atomic E-state index is 11.6. The Bertz CT molecular complexity index is 339. The van der Waals surface area contributed by atoms with Crippen LogP contribution in [0.1, 0.15) is 54.0 Å². The summed E-state index contributed by atoms with van der Waals surface area (Å²) in [5.74, 6) is 0. The fourth-order valence-corrected chi connectivity index (χ4v) is 1.34. The Morgan fingerprint density at radius 3 is 1.83 bits per heavy atom. The molecule has 104 valence electrons. The molecule has 3 heteroatoms. The summed E-state index contributed by atoms with van der Waals surface area (Å²) in [6.07, 6.45) is 1.65. The molecule has 1 unspecified atom stereocenters. The van der Waals surface area contributed by atoms with Gasteiger partial charge in [-0.3, -0.25) is 0 Å². The van der Waals surface area contributed by atoms with Crippen LogP contribution in [0.2, 0.25) is 0 Å². The van der Waals surface area contributed by atoms with E-state index in [1.807, 2.05) is 78.8 Å². The van der Waals surface area contributed by atoms with Crippen molar-refractivity contribution in [3.8, 4) is 0 Å². The maximum Gasteiger partial charge on any atom is 0.144 e. The summed E-state index contributed by atoms with van der Waals surface area (Å²) >= 11 is 0. The first kappa shape index (κ1) is 19.4. The van der Waals surface area contributed by atoms with Gasteiger partial charge in [0.1, 0.15) is 11.0 Å². The van der Waals surface area contributed by atoms with Crippen molar-refractivity contribution in [1.82, 2.24) is 0 Å². The minimum Gasteiger partial charge on any atom is -0.234 e. The highest BCUT2D eigenvalue weighted by Crippen LogP contribution is 2.11. The van der Waals surface area contributed by atoms with E-state index in [0.29, 0.717) is 0 Å². The summed E-state index contributed by atoms with van der Waals surface area (Å²) in [6, 6.07) is 9.67. The second-order valence-electron chi connectivity index (χ2n) is 4.01. The van der Waals surface area contributed by atoms with Crippen LogP contribution in [0.15, 0.2) is 34.7 Å². The first-order valence-corrected chi connectivity index (χ1v) is 7.62. The van der Waals surface area contributed by atoms with Crippen LogP contribution < -0.4 is 0 Å². The van der Waals surface area contributed by atoms with E-state index in [2.05, 4.69) is 4.40 Å². The monoisotopic (exact) mass is 269 g/mol. The van der Waals surface area contributed by atoms with Gasteiger partial charge in [-0.05, 0) is 26.3 Å². The van der Waals surface area contributed by atoms with Crippen LogP contribution in [-0.2, 0) is 11.0 Å². The lowest BCUT2D eigenvalue weighted by Gasteiger charge is -2.12. The van der Waals surface area contributed by atoms with Crippen LogP contribution >= 0.6 is 0 Å². The number of rotatable bonds is 2. The molecule has 0 heterocycles. The molecule has 0 radical (unpaired) electrons. The van der Waals surface area contributed by atoms with Crippen molar-refractivity contribution in [3.05, 3.63) is 35.9 Å². The summed E-state index contributed by atoms with van der Waals surface area (Å²) in [4.78, 5) is 0. The number of hydrogen-bond acceptors (Lipinski definition) is 1. The molecular weight excluding hydrogens is 242 g/mol. The molecule has 2 nitrogen and oxygen atoms in total. The molecule has 1 rings (SSSR count). The second kappa shape index (κ2) is 11.1. The Morgan fingerprint density at radius 1 is 1.00 bits per heavy atom. The van der Waals surface area contributed by atoms with E-state index in [1.54, 1.807) is 6.21 Å². The average molecular weight is 269 g/mol. The van der Waals surface area contributed by atoms with Crippen molar-refractivity contribution in [2.24, 2.45) is 4.40 Å². The number of benzene rings is 1. The van der Waals surface area contributed by atoms with Crippen molar-refractivity contribution < 1.29 is 4.21 Å². The lowest BCUT2D eigenvalue weighted by atomic mass is 10.2. The maximum absolute atomic E-state index is 11.6. The molecule has 1 aromatic carbocycles. The Labute approximate surface area is 115 Å². The minimum atomic E-state index is -1.17. The third kappa shape index (κ3) is 9.11. The number of nitrogens with zero attached hydrogens (tertiary/aromatic N) is 1. The van der Waals surface area contributed by atoms with E-state index in [9.17, 15) is 4.21 Å². The molecule has 0 aromatic heterocycles. The van der Waals surface area contributed by atoms with Gasteiger partial charge in [0.2, 0.25) is 0 Å².